The number of nitrogens with one attached hydrogen (secondary N) is 3. The highest BCUT2D eigenvalue weighted by Gasteiger charge is 2.22. The second kappa shape index (κ2) is 5.37. The zero-order valence-corrected chi connectivity index (χ0v) is 13.2. The molecule has 3 N–H and O–H groups in total. The average Bonchev–Trinajstić information content (AvgIpc) is 3.08. The molecule has 0 radical (unpaired) electrons. The standard InChI is InChI=1S/C16H18N4OS/c1-2-9-3-5-11-13(7-9)22-14-8-10(16-17-19-20-18-16)4-6-12(14)15(11)21/h4,6,8-9,19-20H,2-3,5,7H2,1H3,(H,17,18). The molecule has 22 heavy (non-hydrogen) atoms. The molecule has 0 bridgehead atoms. The Morgan fingerprint density at radius 3 is 3.09 bits per heavy atom. The van der Waals surface area contributed by atoms with E-state index in [0.29, 0.717) is 0 Å². The van der Waals surface area contributed by atoms with Gasteiger partial charge in [0.05, 0.1) is 0 Å². The topological polar surface area (TPSA) is 65.5 Å². The van der Waals surface area contributed by atoms with Gasteiger partial charge < -0.3 is 0 Å². The molecule has 2 heterocycles. The lowest BCUT2D eigenvalue weighted by molar-refractivity contribution is 0.448. The van der Waals surface area contributed by atoms with E-state index in [1.165, 1.54) is 11.3 Å². The van der Waals surface area contributed by atoms with Gasteiger partial charge in [-0.05, 0) is 37.3 Å². The van der Waals surface area contributed by atoms with Crippen molar-refractivity contribution in [3.8, 4) is 0 Å². The summed E-state index contributed by atoms with van der Waals surface area (Å²) < 4.78 is 1.05. The summed E-state index contributed by atoms with van der Waals surface area (Å²) in [6.45, 7) is 2.24. The van der Waals surface area contributed by atoms with Crippen molar-refractivity contribution in [2.24, 2.45) is 11.0 Å². The third-order valence-electron chi connectivity index (χ3n) is 4.60. The normalized spacial score (nSPS) is 20.2. The summed E-state index contributed by atoms with van der Waals surface area (Å²) in [5.74, 6) is 1.46. The molecule has 1 aliphatic carbocycles. The van der Waals surface area contributed by atoms with Crippen molar-refractivity contribution in [3.05, 3.63) is 44.4 Å². The van der Waals surface area contributed by atoms with Crippen LogP contribution in [0, 0.1) is 5.92 Å². The molecule has 1 aliphatic heterocycles. The molecule has 4 rings (SSSR count). The van der Waals surface area contributed by atoms with Crippen molar-refractivity contribution < 1.29 is 0 Å². The number of nitrogens with zero attached hydrogens (tertiary/aromatic N) is 1. The van der Waals surface area contributed by atoms with E-state index in [2.05, 4.69) is 34.6 Å². The first-order chi connectivity index (χ1) is 10.8. The Labute approximate surface area is 132 Å². The molecule has 0 saturated heterocycles. The lowest BCUT2D eigenvalue weighted by Crippen LogP contribution is -2.35. The van der Waals surface area contributed by atoms with Gasteiger partial charge in [0.1, 0.15) is 0 Å². The first-order valence-corrected chi connectivity index (χ1v) is 8.50. The number of hydrazine groups is 2. The van der Waals surface area contributed by atoms with Crippen LogP contribution < -0.4 is 21.9 Å². The van der Waals surface area contributed by atoms with Gasteiger partial charge in [-0.15, -0.1) is 22.0 Å². The number of benzene rings is 1. The fourth-order valence-electron chi connectivity index (χ4n) is 3.24. The van der Waals surface area contributed by atoms with Crippen molar-refractivity contribution in [1.82, 2.24) is 16.5 Å². The van der Waals surface area contributed by atoms with E-state index in [1.54, 1.807) is 11.3 Å². The smallest absolute Gasteiger partial charge is 0.191 e. The molecule has 0 fully saturated rings. The summed E-state index contributed by atoms with van der Waals surface area (Å²) in [5.41, 5.74) is 10.6. The van der Waals surface area contributed by atoms with Crippen LogP contribution in [-0.4, -0.2) is 5.84 Å². The monoisotopic (exact) mass is 314 g/mol. The molecule has 0 spiro atoms. The van der Waals surface area contributed by atoms with E-state index in [1.807, 2.05) is 12.1 Å². The van der Waals surface area contributed by atoms with E-state index < -0.39 is 0 Å². The fraction of sp³-hybridized carbons (Fsp3) is 0.375. The van der Waals surface area contributed by atoms with Crippen LogP contribution >= 0.6 is 11.3 Å². The highest BCUT2D eigenvalue weighted by molar-refractivity contribution is 7.18. The van der Waals surface area contributed by atoms with E-state index in [0.717, 1.165) is 52.2 Å². The van der Waals surface area contributed by atoms with Crippen molar-refractivity contribution >= 4 is 27.3 Å². The summed E-state index contributed by atoms with van der Waals surface area (Å²) in [6.07, 6.45) is 4.32. The van der Waals surface area contributed by atoms with Crippen LogP contribution in [0.25, 0.3) is 10.1 Å². The van der Waals surface area contributed by atoms with Gasteiger partial charge in [-0.1, -0.05) is 19.4 Å². The van der Waals surface area contributed by atoms with Crippen molar-refractivity contribution in [1.29, 1.82) is 0 Å². The minimum Gasteiger partial charge on any atom is -0.289 e. The van der Waals surface area contributed by atoms with Crippen molar-refractivity contribution in [3.63, 3.8) is 0 Å². The van der Waals surface area contributed by atoms with Gasteiger partial charge in [-0.2, -0.15) is 0 Å². The lowest BCUT2D eigenvalue weighted by Gasteiger charge is -2.22. The fourth-order valence-corrected chi connectivity index (χ4v) is 4.60. The predicted molar refractivity (Wildman–Crippen MR) is 89.8 cm³/mol. The Hall–Kier alpha value is -1.92. The maximum absolute atomic E-state index is 12.7. The second-order valence-corrected chi connectivity index (χ2v) is 7.02. The van der Waals surface area contributed by atoms with E-state index >= 15 is 0 Å². The summed E-state index contributed by atoms with van der Waals surface area (Å²) in [7, 11) is 0. The van der Waals surface area contributed by atoms with Crippen LogP contribution in [0.1, 0.15) is 35.8 Å². The van der Waals surface area contributed by atoms with Crippen LogP contribution in [0.2, 0.25) is 0 Å². The zero-order valence-electron chi connectivity index (χ0n) is 12.4. The van der Waals surface area contributed by atoms with Gasteiger partial charge in [0.25, 0.3) is 0 Å². The molecule has 1 aromatic carbocycles. The molecular formula is C16H18N4OS. The predicted octanol–water partition coefficient (Wildman–Crippen LogP) is 2.05. The molecule has 1 aromatic heterocycles. The maximum Gasteiger partial charge on any atom is 0.191 e. The van der Waals surface area contributed by atoms with E-state index in [4.69, 9.17) is 0 Å². The number of fused-ring (bicyclic) bond motifs is 2. The summed E-state index contributed by atoms with van der Waals surface area (Å²) in [5, 5.41) is 4.95. The molecule has 114 valence electrons. The van der Waals surface area contributed by atoms with Gasteiger partial charge in [0.2, 0.25) is 0 Å². The van der Waals surface area contributed by atoms with Crippen molar-refractivity contribution in [2.45, 2.75) is 32.6 Å². The number of hydrogen-bond acceptors (Lipinski definition) is 6. The number of rotatable bonds is 2. The molecular weight excluding hydrogens is 296 g/mol. The third kappa shape index (κ3) is 2.19. The molecule has 6 heteroatoms. The van der Waals surface area contributed by atoms with E-state index in [9.17, 15) is 4.79 Å². The summed E-state index contributed by atoms with van der Waals surface area (Å²) in [4.78, 5) is 14.0. The molecule has 2 aliphatic rings. The van der Waals surface area contributed by atoms with Crippen molar-refractivity contribution in [2.75, 3.05) is 0 Å². The van der Waals surface area contributed by atoms with Gasteiger partial charge in [-0.3, -0.25) is 10.2 Å². The van der Waals surface area contributed by atoms with Crippen LogP contribution in [-0.2, 0) is 12.8 Å². The number of hydrogen-bond donors (Lipinski definition) is 3. The van der Waals surface area contributed by atoms with Gasteiger partial charge in [-0.25, -0.2) is 5.53 Å². The Morgan fingerprint density at radius 2 is 2.32 bits per heavy atom. The SMILES string of the molecule is CCC1CCc2c(sc3cc(C4=NNNN4)ccc3c2=O)C1. The quantitative estimate of drug-likeness (QED) is 0.794. The zero-order chi connectivity index (χ0) is 15.1. The molecule has 0 saturated carbocycles. The molecule has 1 unspecified atom stereocenters. The lowest BCUT2D eigenvalue weighted by atomic mass is 9.86. The van der Waals surface area contributed by atoms with Crippen LogP contribution in [0.5, 0.6) is 0 Å². The highest BCUT2D eigenvalue weighted by Crippen LogP contribution is 2.32. The molecule has 2 aromatic rings. The Balaban J connectivity index is 1.85. The minimum atomic E-state index is 0.224. The maximum atomic E-state index is 12.7. The largest absolute Gasteiger partial charge is 0.289 e. The number of amidine groups is 1. The first kappa shape index (κ1) is 13.7. The summed E-state index contributed by atoms with van der Waals surface area (Å²) in [6, 6.07) is 5.93. The Morgan fingerprint density at radius 1 is 1.41 bits per heavy atom. The van der Waals surface area contributed by atoms with Crippen LogP contribution in [0.4, 0.5) is 0 Å². The number of hydrazone groups is 1. The van der Waals surface area contributed by atoms with Gasteiger partial charge in [0.15, 0.2) is 11.3 Å². The third-order valence-corrected chi connectivity index (χ3v) is 5.82. The highest BCUT2D eigenvalue weighted by atomic mass is 32.1. The molecule has 1 atom stereocenters. The first-order valence-electron chi connectivity index (χ1n) is 7.69. The minimum absolute atomic E-state index is 0.224. The second-order valence-electron chi connectivity index (χ2n) is 5.88. The van der Waals surface area contributed by atoms with Crippen LogP contribution in [0.3, 0.4) is 0 Å². The van der Waals surface area contributed by atoms with Gasteiger partial charge >= 0.3 is 0 Å². The molecule has 5 nitrogen and oxygen atoms in total. The van der Waals surface area contributed by atoms with Crippen LogP contribution in [0.15, 0.2) is 28.1 Å². The van der Waals surface area contributed by atoms with E-state index in [-0.39, 0.29) is 5.43 Å². The average molecular weight is 314 g/mol. The van der Waals surface area contributed by atoms with Gasteiger partial charge in [0, 0.05) is 26.1 Å². The Kier molecular flexibility index (Phi) is 3.35. The summed E-state index contributed by atoms with van der Waals surface area (Å²) >= 11 is 1.77. The molecule has 0 amide bonds. The Bertz CT molecular complexity index is 827.